The fourth-order valence-corrected chi connectivity index (χ4v) is 3.41. The van der Waals surface area contributed by atoms with E-state index in [1.54, 1.807) is 0 Å². The molecule has 14 heavy (non-hydrogen) atoms. The van der Waals surface area contributed by atoms with E-state index in [2.05, 4.69) is 4.90 Å². The van der Waals surface area contributed by atoms with Crippen molar-refractivity contribution in [2.24, 2.45) is 17.6 Å². The van der Waals surface area contributed by atoms with Crippen molar-refractivity contribution in [3.8, 4) is 0 Å². The van der Waals surface area contributed by atoms with Crippen molar-refractivity contribution in [3.63, 3.8) is 0 Å². The normalized spacial score (nSPS) is 45.2. The number of hydrogen-bond acceptors (Lipinski definition) is 3. The molecule has 3 nitrogen and oxygen atoms in total. The van der Waals surface area contributed by atoms with Crippen LogP contribution in [0.3, 0.4) is 0 Å². The van der Waals surface area contributed by atoms with Crippen molar-refractivity contribution < 1.29 is 4.74 Å². The molecule has 0 aromatic carbocycles. The molecule has 0 aromatic rings. The fraction of sp³-hybridized carbons (Fsp3) is 1.00. The van der Waals surface area contributed by atoms with Gasteiger partial charge in [0.05, 0.1) is 12.2 Å². The number of likely N-dealkylation sites (tertiary alicyclic amines) is 1. The molecule has 0 aromatic heterocycles. The summed E-state index contributed by atoms with van der Waals surface area (Å²) in [5.41, 5.74) is 5.57. The highest BCUT2D eigenvalue weighted by molar-refractivity contribution is 5.85. The molecule has 3 aliphatic heterocycles. The third-order valence-electron chi connectivity index (χ3n) is 3.97. The lowest BCUT2D eigenvalue weighted by molar-refractivity contribution is 0.0710. The topological polar surface area (TPSA) is 38.5 Å². The third-order valence-corrected chi connectivity index (χ3v) is 3.97. The summed E-state index contributed by atoms with van der Waals surface area (Å²) in [6.07, 6.45) is 3.81. The summed E-state index contributed by atoms with van der Waals surface area (Å²) in [6.45, 7) is 4.36. The maximum atomic E-state index is 5.91. The molecule has 0 aliphatic carbocycles. The largest absolute Gasteiger partial charge is 0.374 e. The molecule has 0 saturated carbocycles. The first-order valence-corrected chi connectivity index (χ1v) is 5.46. The second-order valence-corrected chi connectivity index (χ2v) is 4.67. The standard InChI is InChI=1S/C10H18N2O.ClH/c11-3-4-12-5-7-8(6-12)10-2-1-9(7)13-10;/h7-10H,1-6,11H2;1H. The van der Waals surface area contributed by atoms with Crippen LogP contribution >= 0.6 is 12.4 Å². The Kier molecular flexibility index (Phi) is 3.03. The molecule has 4 heteroatoms. The minimum atomic E-state index is 0. The fourth-order valence-electron chi connectivity index (χ4n) is 3.41. The van der Waals surface area contributed by atoms with Gasteiger partial charge >= 0.3 is 0 Å². The van der Waals surface area contributed by atoms with E-state index in [1.807, 2.05) is 0 Å². The van der Waals surface area contributed by atoms with Gasteiger partial charge in [-0.2, -0.15) is 0 Å². The van der Waals surface area contributed by atoms with E-state index in [-0.39, 0.29) is 12.4 Å². The van der Waals surface area contributed by atoms with E-state index in [4.69, 9.17) is 10.5 Å². The Morgan fingerprint density at radius 3 is 2.21 bits per heavy atom. The first-order chi connectivity index (χ1) is 6.38. The minimum absolute atomic E-state index is 0. The maximum absolute atomic E-state index is 5.91. The molecule has 3 fully saturated rings. The number of halogens is 1. The summed E-state index contributed by atoms with van der Waals surface area (Å²) in [6, 6.07) is 0. The van der Waals surface area contributed by atoms with E-state index in [1.165, 1.54) is 25.9 Å². The van der Waals surface area contributed by atoms with Gasteiger partial charge in [-0.15, -0.1) is 12.4 Å². The number of ether oxygens (including phenoxy) is 1. The second-order valence-electron chi connectivity index (χ2n) is 4.67. The van der Waals surface area contributed by atoms with Gasteiger partial charge in [0.15, 0.2) is 0 Å². The summed E-state index contributed by atoms with van der Waals surface area (Å²) >= 11 is 0. The molecule has 82 valence electrons. The molecular weight excluding hydrogens is 200 g/mol. The zero-order chi connectivity index (χ0) is 8.84. The van der Waals surface area contributed by atoms with Gasteiger partial charge in [-0.25, -0.2) is 0 Å². The van der Waals surface area contributed by atoms with Crippen LogP contribution in [-0.4, -0.2) is 43.3 Å². The average molecular weight is 219 g/mol. The molecule has 2 bridgehead atoms. The van der Waals surface area contributed by atoms with E-state index < -0.39 is 0 Å². The highest BCUT2D eigenvalue weighted by Crippen LogP contribution is 2.46. The van der Waals surface area contributed by atoms with E-state index in [0.29, 0.717) is 12.2 Å². The zero-order valence-corrected chi connectivity index (χ0v) is 9.21. The molecular formula is C10H19ClN2O. The first kappa shape index (κ1) is 10.7. The number of rotatable bonds is 2. The van der Waals surface area contributed by atoms with E-state index in [9.17, 15) is 0 Å². The quantitative estimate of drug-likeness (QED) is 0.733. The number of nitrogens with zero attached hydrogens (tertiary/aromatic N) is 1. The predicted molar refractivity (Wildman–Crippen MR) is 57.6 cm³/mol. The lowest BCUT2D eigenvalue weighted by Gasteiger charge is -2.18. The average Bonchev–Trinajstić information content (AvgIpc) is 2.72. The van der Waals surface area contributed by atoms with Crippen molar-refractivity contribution in [1.29, 1.82) is 0 Å². The molecule has 4 unspecified atom stereocenters. The smallest absolute Gasteiger partial charge is 0.0624 e. The van der Waals surface area contributed by atoms with Gasteiger partial charge in [-0.05, 0) is 12.8 Å². The molecule has 3 heterocycles. The van der Waals surface area contributed by atoms with Crippen molar-refractivity contribution in [2.75, 3.05) is 26.2 Å². The van der Waals surface area contributed by atoms with Crippen molar-refractivity contribution in [2.45, 2.75) is 25.0 Å². The summed E-state index contributed by atoms with van der Waals surface area (Å²) in [7, 11) is 0. The second kappa shape index (κ2) is 3.97. The van der Waals surface area contributed by atoms with Crippen LogP contribution in [0.2, 0.25) is 0 Å². The molecule has 0 amide bonds. The SMILES string of the molecule is Cl.NCCN1CC2C3CCC(O3)C2C1. The molecule has 0 spiro atoms. The van der Waals surface area contributed by atoms with Gasteiger partial charge in [0.1, 0.15) is 0 Å². The van der Waals surface area contributed by atoms with E-state index >= 15 is 0 Å². The van der Waals surface area contributed by atoms with Crippen molar-refractivity contribution in [1.82, 2.24) is 4.90 Å². The van der Waals surface area contributed by atoms with Crippen LogP contribution in [0.5, 0.6) is 0 Å². The van der Waals surface area contributed by atoms with E-state index in [0.717, 1.165) is 24.9 Å². The maximum Gasteiger partial charge on any atom is 0.0624 e. The lowest BCUT2D eigenvalue weighted by Crippen LogP contribution is -2.29. The Morgan fingerprint density at radius 1 is 1.14 bits per heavy atom. The Labute approximate surface area is 91.4 Å². The van der Waals surface area contributed by atoms with Gasteiger partial charge in [-0.3, -0.25) is 0 Å². The first-order valence-electron chi connectivity index (χ1n) is 5.46. The van der Waals surface area contributed by atoms with Crippen LogP contribution in [-0.2, 0) is 4.74 Å². The van der Waals surface area contributed by atoms with Crippen LogP contribution in [0.15, 0.2) is 0 Å². The minimum Gasteiger partial charge on any atom is -0.374 e. The summed E-state index contributed by atoms with van der Waals surface area (Å²) in [4.78, 5) is 2.52. The third kappa shape index (κ3) is 1.47. The molecule has 3 rings (SSSR count). The summed E-state index contributed by atoms with van der Waals surface area (Å²) < 4.78 is 5.91. The molecule has 3 aliphatic rings. The van der Waals surface area contributed by atoms with Gasteiger partial charge in [0, 0.05) is 38.0 Å². The Bertz CT molecular complexity index is 196. The summed E-state index contributed by atoms with van der Waals surface area (Å²) in [5.74, 6) is 1.68. The van der Waals surface area contributed by atoms with Crippen LogP contribution in [0, 0.1) is 11.8 Å². The molecule has 3 saturated heterocycles. The highest BCUT2D eigenvalue weighted by atomic mass is 35.5. The predicted octanol–water partition coefficient (Wildman–Crippen LogP) is 0.476. The lowest BCUT2D eigenvalue weighted by atomic mass is 9.82. The van der Waals surface area contributed by atoms with Crippen LogP contribution in [0.25, 0.3) is 0 Å². The Hall–Kier alpha value is 0.170. The Balaban J connectivity index is 0.000000750. The van der Waals surface area contributed by atoms with Gasteiger partial charge < -0.3 is 15.4 Å². The van der Waals surface area contributed by atoms with Gasteiger partial charge in [0.25, 0.3) is 0 Å². The van der Waals surface area contributed by atoms with Crippen LogP contribution in [0.1, 0.15) is 12.8 Å². The Morgan fingerprint density at radius 2 is 1.71 bits per heavy atom. The summed E-state index contributed by atoms with van der Waals surface area (Å²) in [5, 5.41) is 0. The highest BCUT2D eigenvalue weighted by Gasteiger charge is 2.52. The zero-order valence-electron chi connectivity index (χ0n) is 8.39. The molecule has 0 radical (unpaired) electrons. The van der Waals surface area contributed by atoms with Gasteiger partial charge in [-0.1, -0.05) is 0 Å². The monoisotopic (exact) mass is 218 g/mol. The molecule has 4 atom stereocenters. The number of hydrogen-bond donors (Lipinski definition) is 1. The van der Waals surface area contributed by atoms with Crippen LogP contribution < -0.4 is 5.73 Å². The van der Waals surface area contributed by atoms with Crippen LogP contribution in [0.4, 0.5) is 0 Å². The van der Waals surface area contributed by atoms with Crippen molar-refractivity contribution in [3.05, 3.63) is 0 Å². The van der Waals surface area contributed by atoms with Crippen molar-refractivity contribution >= 4 is 12.4 Å². The molecule has 2 N–H and O–H groups in total. The number of fused-ring (bicyclic) bond motifs is 5. The van der Waals surface area contributed by atoms with Gasteiger partial charge in [0.2, 0.25) is 0 Å². The number of nitrogens with two attached hydrogens (primary N) is 1.